The van der Waals surface area contributed by atoms with Gasteiger partial charge in [-0.3, -0.25) is 9.13 Å². The van der Waals surface area contributed by atoms with E-state index < -0.39 is 26.8 Å². The predicted octanol–water partition coefficient (Wildman–Crippen LogP) is 0.436. The first-order chi connectivity index (χ1) is 10.5. The minimum Gasteiger partial charge on any atom is -0.494 e. The maximum atomic E-state index is 11.4. The summed E-state index contributed by atoms with van der Waals surface area (Å²) >= 11 is 0. The molecular formula is C11H16N2O8P2. The van der Waals surface area contributed by atoms with Gasteiger partial charge in [0.2, 0.25) is 0 Å². The molecule has 1 heterocycles. The topological polar surface area (TPSA) is 162 Å². The van der Waals surface area contributed by atoms with Gasteiger partial charge in [-0.1, -0.05) is 0 Å². The summed E-state index contributed by atoms with van der Waals surface area (Å²) in [4.78, 5) is 40.7. The van der Waals surface area contributed by atoms with Gasteiger partial charge in [-0.15, -0.1) is 0 Å². The number of imidazole rings is 1. The van der Waals surface area contributed by atoms with Gasteiger partial charge in [0.25, 0.3) is 5.08 Å². The molecule has 0 amide bonds. The van der Waals surface area contributed by atoms with Crippen LogP contribution >= 0.6 is 15.2 Å². The van der Waals surface area contributed by atoms with E-state index in [0.717, 1.165) is 10.9 Å². The third kappa shape index (κ3) is 3.34. The molecule has 23 heavy (non-hydrogen) atoms. The molecule has 0 atom stereocenters. The Morgan fingerprint density at radius 1 is 1.22 bits per heavy atom. The summed E-state index contributed by atoms with van der Waals surface area (Å²) in [7, 11) is -11.1. The molecule has 2 rings (SSSR count). The van der Waals surface area contributed by atoms with E-state index in [9.17, 15) is 33.8 Å². The largest absolute Gasteiger partial charge is 0.494 e. The smallest absolute Gasteiger partial charge is 0.371 e. The van der Waals surface area contributed by atoms with E-state index in [1.807, 2.05) is 0 Å². The van der Waals surface area contributed by atoms with Crippen molar-refractivity contribution >= 4 is 26.2 Å². The van der Waals surface area contributed by atoms with E-state index in [1.165, 1.54) is 6.07 Å². The second-order valence-electron chi connectivity index (χ2n) is 4.82. The number of rotatable bonds is 6. The Hall–Kier alpha value is -1.25. The summed E-state index contributed by atoms with van der Waals surface area (Å²) in [6, 6.07) is 4.63. The predicted molar refractivity (Wildman–Crippen MR) is 79.9 cm³/mol. The van der Waals surface area contributed by atoms with Crippen molar-refractivity contribution < 1.29 is 38.5 Å². The average molecular weight is 366 g/mol. The van der Waals surface area contributed by atoms with Crippen molar-refractivity contribution in [3.8, 4) is 5.75 Å². The second kappa shape index (κ2) is 5.99. The summed E-state index contributed by atoms with van der Waals surface area (Å²) in [6.45, 7) is 1.21. The van der Waals surface area contributed by atoms with Crippen molar-refractivity contribution in [2.75, 3.05) is 6.61 Å². The molecule has 0 saturated heterocycles. The Labute approximate surface area is 130 Å². The number of ether oxygens (including phenoxy) is 1. The number of aliphatic hydroxyl groups is 1. The third-order valence-corrected chi connectivity index (χ3v) is 6.93. The zero-order valence-electron chi connectivity index (χ0n) is 12.0. The fourth-order valence-electron chi connectivity index (χ4n) is 2.01. The molecule has 0 aliphatic heterocycles. The summed E-state index contributed by atoms with van der Waals surface area (Å²) in [5.74, 6) is 0.519. The summed E-state index contributed by atoms with van der Waals surface area (Å²) in [5, 5.41) is 6.42. The van der Waals surface area contributed by atoms with Crippen LogP contribution in [0.1, 0.15) is 6.92 Å². The molecule has 0 aliphatic rings. The van der Waals surface area contributed by atoms with E-state index in [1.54, 1.807) is 19.1 Å². The van der Waals surface area contributed by atoms with Crippen LogP contribution in [0.3, 0.4) is 0 Å². The molecular weight excluding hydrogens is 350 g/mol. The van der Waals surface area contributed by atoms with E-state index in [2.05, 4.69) is 4.98 Å². The Morgan fingerprint density at radius 2 is 1.83 bits per heavy atom. The van der Waals surface area contributed by atoms with Gasteiger partial charge in [0.15, 0.2) is 0 Å². The van der Waals surface area contributed by atoms with Gasteiger partial charge in [-0.2, -0.15) is 0 Å². The molecule has 10 nitrogen and oxygen atoms in total. The summed E-state index contributed by atoms with van der Waals surface area (Å²) in [6.07, 6.45) is 1.12. The fraction of sp³-hybridized carbons (Fsp3) is 0.364. The molecule has 0 aliphatic carbocycles. The monoisotopic (exact) mass is 366 g/mol. The van der Waals surface area contributed by atoms with Crippen LogP contribution < -0.4 is 4.74 Å². The van der Waals surface area contributed by atoms with Crippen molar-refractivity contribution in [1.82, 2.24) is 9.55 Å². The van der Waals surface area contributed by atoms with Gasteiger partial charge in [0.1, 0.15) is 5.75 Å². The molecule has 0 fully saturated rings. The quantitative estimate of drug-likeness (QED) is 0.456. The van der Waals surface area contributed by atoms with Gasteiger partial charge in [-0.05, 0) is 19.1 Å². The zero-order chi connectivity index (χ0) is 17.5. The van der Waals surface area contributed by atoms with Crippen molar-refractivity contribution in [3.05, 3.63) is 24.5 Å². The van der Waals surface area contributed by atoms with Gasteiger partial charge in [-0.25, -0.2) is 4.98 Å². The summed E-state index contributed by atoms with van der Waals surface area (Å²) < 4.78 is 29.1. The lowest BCUT2D eigenvalue weighted by atomic mass is 10.3. The highest BCUT2D eigenvalue weighted by Crippen LogP contribution is 2.68. The Kier molecular flexibility index (Phi) is 4.71. The second-order valence-corrected chi connectivity index (χ2v) is 8.83. The molecule has 0 unspecified atom stereocenters. The minimum atomic E-state index is -5.53. The van der Waals surface area contributed by atoms with Crippen LogP contribution in [0.15, 0.2) is 24.5 Å². The number of nitrogens with zero attached hydrogens (tertiary/aromatic N) is 2. The van der Waals surface area contributed by atoms with Crippen molar-refractivity contribution in [1.29, 1.82) is 0 Å². The van der Waals surface area contributed by atoms with Crippen LogP contribution in [-0.4, -0.2) is 45.9 Å². The van der Waals surface area contributed by atoms with E-state index in [4.69, 9.17) is 4.74 Å². The molecule has 0 saturated carbocycles. The Morgan fingerprint density at radius 3 is 2.35 bits per heavy atom. The molecule has 0 bridgehead atoms. The van der Waals surface area contributed by atoms with Crippen LogP contribution in [0.5, 0.6) is 5.75 Å². The number of fused-ring (bicyclic) bond motifs is 1. The fourth-order valence-corrected chi connectivity index (χ4v) is 4.04. The van der Waals surface area contributed by atoms with Crippen molar-refractivity contribution in [2.24, 2.45) is 0 Å². The molecule has 12 heteroatoms. The SMILES string of the molecule is CCOc1ccc2c(c1)ncn2CC(O)(P(=O)(O)O)P(=O)(O)O. The van der Waals surface area contributed by atoms with Gasteiger partial charge in [0, 0.05) is 6.07 Å². The van der Waals surface area contributed by atoms with Crippen LogP contribution in [0.4, 0.5) is 0 Å². The van der Waals surface area contributed by atoms with Crippen LogP contribution in [0, 0.1) is 0 Å². The summed E-state index contributed by atoms with van der Waals surface area (Å²) in [5.41, 5.74) is 0.712. The maximum Gasteiger partial charge on any atom is 0.371 e. The van der Waals surface area contributed by atoms with Gasteiger partial charge < -0.3 is 34.0 Å². The molecule has 1 aromatic carbocycles. The van der Waals surface area contributed by atoms with Crippen molar-refractivity contribution in [2.45, 2.75) is 18.6 Å². The molecule has 0 spiro atoms. The highest BCUT2D eigenvalue weighted by atomic mass is 31.2. The first-order valence-corrected chi connectivity index (χ1v) is 9.63. The average Bonchev–Trinajstić information content (AvgIpc) is 2.79. The number of hydrogen-bond acceptors (Lipinski definition) is 5. The van der Waals surface area contributed by atoms with Crippen LogP contribution in [0.2, 0.25) is 0 Å². The van der Waals surface area contributed by atoms with E-state index in [0.29, 0.717) is 23.4 Å². The Balaban J connectivity index is 2.48. The molecule has 1 aromatic heterocycles. The lowest BCUT2D eigenvalue weighted by Crippen LogP contribution is -2.33. The van der Waals surface area contributed by atoms with Gasteiger partial charge >= 0.3 is 15.2 Å². The van der Waals surface area contributed by atoms with Crippen LogP contribution in [0.25, 0.3) is 11.0 Å². The van der Waals surface area contributed by atoms with Gasteiger partial charge in [0.05, 0.1) is 30.5 Å². The van der Waals surface area contributed by atoms with E-state index >= 15 is 0 Å². The third-order valence-electron chi connectivity index (χ3n) is 3.22. The lowest BCUT2D eigenvalue weighted by Gasteiger charge is -2.29. The standard InChI is InChI=1S/C11H16N2O8P2/c1-2-21-8-3-4-10-9(5-8)12-7-13(10)6-11(14,22(15,16)17)23(18,19)20/h3-5,7,14H,2,6H2,1H3,(H2,15,16,17)(H2,18,19,20). The van der Waals surface area contributed by atoms with E-state index in [-0.39, 0.29) is 0 Å². The Bertz CT molecular complexity index is 785. The zero-order valence-corrected chi connectivity index (χ0v) is 13.8. The number of benzene rings is 1. The molecule has 2 aromatic rings. The molecule has 5 N–H and O–H groups in total. The first-order valence-electron chi connectivity index (χ1n) is 6.41. The lowest BCUT2D eigenvalue weighted by molar-refractivity contribution is 0.116. The first kappa shape index (κ1) is 18.1. The molecule has 128 valence electrons. The highest BCUT2D eigenvalue weighted by Gasteiger charge is 2.59. The number of aromatic nitrogens is 2. The highest BCUT2D eigenvalue weighted by molar-refractivity contribution is 7.72. The normalized spacial score (nSPS) is 13.5. The molecule has 0 radical (unpaired) electrons. The maximum absolute atomic E-state index is 11.4. The van der Waals surface area contributed by atoms with Crippen molar-refractivity contribution in [3.63, 3.8) is 0 Å². The number of hydrogen-bond donors (Lipinski definition) is 5. The van der Waals surface area contributed by atoms with Crippen LogP contribution in [-0.2, 0) is 15.7 Å². The minimum absolute atomic E-state index is 0.328.